The molecule has 0 fully saturated rings. The summed E-state index contributed by atoms with van der Waals surface area (Å²) < 4.78 is 5.12. The lowest BCUT2D eigenvalue weighted by molar-refractivity contribution is -0.129. The quantitative estimate of drug-likeness (QED) is 0.740. The van der Waals surface area contributed by atoms with E-state index in [1.807, 2.05) is 36.2 Å². The minimum atomic E-state index is 0.0895. The number of ether oxygens (including phenoxy) is 1. The number of hydrogen-bond donors (Lipinski definition) is 1. The summed E-state index contributed by atoms with van der Waals surface area (Å²) in [5, 5.41) is 0. The van der Waals surface area contributed by atoms with Crippen LogP contribution in [0.3, 0.4) is 0 Å². The van der Waals surface area contributed by atoms with Crippen LogP contribution in [0.2, 0.25) is 0 Å². The van der Waals surface area contributed by atoms with Crippen LogP contribution < -0.4 is 15.4 Å². The van der Waals surface area contributed by atoms with Crippen molar-refractivity contribution in [3.05, 3.63) is 24.3 Å². The Kier molecular flexibility index (Phi) is 6.94. The van der Waals surface area contributed by atoms with Gasteiger partial charge in [-0.25, -0.2) is 0 Å². The van der Waals surface area contributed by atoms with Gasteiger partial charge in [0.05, 0.1) is 12.1 Å². The molecule has 0 aliphatic heterocycles. The van der Waals surface area contributed by atoms with Crippen LogP contribution in [0.1, 0.15) is 12.8 Å². The lowest BCUT2D eigenvalue weighted by atomic mass is 10.2. The van der Waals surface area contributed by atoms with Crippen LogP contribution in [0.25, 0.3) is 0 Å². The first-order valence-electron chi connectivity index (χ1n) is 6.81. The first-order valence-corrected chi connectivity index (χ1v) is 7.22. The lowest BCUT2D eigenvalue weighted by Gasteiger charge is -2.22. The van der Waals surface area contributed by atoms with E-state index in [4.69, 9.17) is 22.7 Å². The van der Waals surface area contributed by atoms with E-state index >= 15 is 0 Å². The van der Waals surface area contributed by atoms with E-state index in [9.17, 15) is 4.79 Å². The summed E-state index contributed by atoms with van der Waals surface area (Å²) in [5.74, 6) is 0.910. The SMILES string of the molecule is COc1ccc(N(C)CCC(=O)N(C)CCC(N)=S)cc1. The van der Waals surface area contributed by atoms with Gasteiger partial charge in [0.15, 0.2) is 0 Å². The molecule has 1 aromatic carbocycles. The minimum absolute atomic E-state index is 0.0895. The minimum Gasteiger partial charge on any atom is -0.497 e. The standard InChI is InChI=1S/C15H23N3O2S/c1-17(12-4-6-13(20-3)7-5-12)11-9-15(19)18(2)10-8-14(16)21/h4-7H,8-11H2,1-3H3,(H2,16,21). The second-order valence-corrected chi connectivity index (χ2v) is 5.43. The Hall–Kier alpha value is -1.82. The van der Waals surface area contributed by atoms with Gasteiger partial charge in [-0.3, -0.25) is 4.79 Å². The molecule has 1 amide bonds. The predicted octanol–water partition coefficient (Wildman–Crippen LogP) is 1.66. The fourth-order valence-electron chi connectivity index (χ4n) is 1.82. The van der Waals surface area contributed by atoms with Crippen molar-refractivity contribution in [3.63, 3.8) is 0 Å². The summed E-state index contributed by atoms with van der Waals surface area (Å²) in [6.07, 6.45) is 1.02. The molecule has 2 N–H and O–H groups in total. The van der Waals surface area contributed by atoms with Crippen LogP contribution in [0.5, 0.6) is 5.75 Å². The second-order valence-electron chi connectivity index (χ2n) is 4.90. The average molecular weight is 309 g/mol. The number of anilines is 1. The highest BCUT2D eigenvalue weighted by Crippen LogP contribution is 2.18. The first kappa shape index (κ1) is 17.2. The number of nitrogens with two attached hydrogens (primary N) is 1. The smallest absolute Gasteiger partial charge is 0.224 e. The number of amides is 1. The molecule has 0 saturated heterocycles. The van der Waals surface area contributed by atoms with Crippen LogP contribution in [0, 0.1) is 0 Å². The summed E-state index contributed by atoms with van der Waals surface area (Å²) in [6.45, 7) is 1.23. The third-order valence-corrected chi connectivity index (χ3v) is 3.50. The maximum absolute atomic E-state index is 12.0. The number of thiocarbonyl (C=S) groups is 1. The molecule has 6 heteroatoms. The summed E-state index contributed by atoms with van der Waals surface area (Å²) in [5.41, 5.74) is 6.49. The second kappa shape index (κ2) is 8.46. The van der Waals surface area contributed by atoms with Crippen molar-refractivity contribution in [1.29, 1.82) is 0 Å². The normalized spacial score (nSPS) is 10.0. The van der Waals surface area contributed by atoms with Crippen molar-refractivity contribution in [2.75, 3.05) is 39.2 Å². The van der Waals surface area contributed by atoms with Gasteiger partial charge in [-0.05, 0) is 24.3 Å². The van der Waals surface area contributed by atoms with E-state index in [0.717, 1.165) is 11.4 Å². The van der Waals surface area contributed by atoms with Gasteiger partial charge in [-0.2, -0.15) is 0 Å². The van der Waals surface area contributed by atoms with Crippen LogP contribution >= 0.6 is 12.2 Å². The molecule has 0 unspecified atom stereocenters. The van der Waals surface area contributed by atoms with Gasteiger partial charge in [-0.15, -0.1) is 0 Å². The maximum Gasteiger partial charge on any atom is 0.224 e. The zero-order chi connectivity index (χ0) is 15.8. The molecule has 0 aliphatic carbocycles. The molecule has 1 rings (SSSR count). The van der Waals surface area contributed by atoms with Crippen LogP contribution in [0.15, 0.2) is 24.3 Å². The zero-order valence-corrected chi connectivity index (χ0v) is 13.7. The van der Waals surface area contributed by atoms with Gasteiger partial charge in [0, 0.05) is 45.7 Å². The van der Waals surface area contributed by atoms with Gasteiger partial charge < -0.3 is 20.3 Å². The summed E-state index contributed by atoms with van der Waals surface area (Å²) in [4.78, 5) is 16.1. The molecular formula is C15H23N3O2S. The van der Waals surface area contributed by atoms with Gasteiger partial charge in [-0.1, -0.05) is 12.2 Å². The highest BCUT2D eigenvalue weighted by molar-refractivity contribution is 7.80. The van der Waals surface area contributed by atoms with Crippen molar-refractivity contribution < 1.29 is 9.53 Å². The molecule has 0 saturated carbocycles. The van der Waals surface area contributed by atoms with Crippen LogP contribution in [-0.4, -0.2) is 50.1 Å². The number of carbonyl (C=O) groups excluding carboxylic acids is 1. The molecule has 0 radical (unpaired) electrons. The third kappa shape index (κ3) is 5.99. The van der Waals surface area contributed by atoms with Gasteiger partial charge >= 0.3 is 0 Å². The topological polar surface area (TPSA) is 58.8 Å². The summed E-state index contributed by atoms with van der Waals surface area (Å²) in [6, 6.07) is 7.75. The molecule has 5 nitrogen and oxygen atoms in total. The monoisotopic (exact) mass is 309 g/mol. The molecule has 116 valence electrons. The Morgan fingerprint density at radius 1 is 1.19 bits per heavy atom. The van der Waals surface area contributed by atoms with Crippen molar-refractivity contribution >= 4 is 28.8 Å². The molecule has 21 heavy (non-hydrogen) atoms. The zero-order valence-electron chi connectivity index (χ0n) is 12.8. The van der Waals surface area contributed by atoms with Crippen LogP contribution in [-0.2, 0) is 4.79 Å². The first-order chi connectivity index (χ1) is 9.93. The molecule has 0 aliphatic rings. The summed E-state index contributed by atoms with van der Waals surface area (Å²) in [7, 11) is 5.37. The molecule has 0 heterocycles. The average Bonchev–Trinajstić information content (AvgIpc) is 2.49. The number of rotatable bonds is 8. The molecule has 0 spiro atoms. The fourth-order valence-corrected chi connectivity index (χ4v) is 1.91. The highest BCUT2D eigenvalue weighted by Gasteiger charge is 2.10. The summed E-state index contributed by atoms with van der Waals surface area (Å²) >= 11 is 4.81. The molecule has 1 aromatic rings. The van der Waals surface area contributed by atoms with Crippen molar-refractivity contribution in [2.45, 2.75) is 12.8 Å². The third-order valence-electron chi connectivity index (χ3n) is 3.29. The van der Waals surface area contributed by atoms with Crippen molar-refractivity contribution in [3.8, 4) is 5.75 Å². The van der Waals surface area contributed by atoms with Crippen LogP contribution in [0.4, 0.5) is 5.69 Å². The molecule has 0 bridgehead atoms. The van der Waals surface area contributed by atoms with Gasteiger partial charge in [0.1, 0.15) is 5.75 Å². The van der Waals surface area contributed by atoms with E-state index in [1.165, 1.54) is 0 Å². The van der Waals surface area contributed by atoms with E-state index < -0.39 is 0 Å². The Morgan fingerprint density at radius 3 is 2.33 bits per heavy atom. The molecular weight excluding hydrogens is 286 g/mol. The van der Waals surface area contributed by atoms with Gasteiger partial charge in [0.2, 0.25) is 5.91 Å². The molecule has 0 atom stereocenters. The Morgan fingerprint density at radius 2 is 1.81 bits per heavy atom. The van der Waals surface area contributed by atoms with Crippen molar-refractivity contribution in [2.24, 2.45) is 5.73 Å². The van der Waals surface area contributed by atoms with Gasteiger partial charge in [0.25, 0.3) is 0 Å². The van der Waals surface area contributed by atoms with E-state index in [2.05, 4.69) is 0 Å². The van der Waals surface area contributed by atoms with E-state index in [-0.39, 0.29) is 5.91 Å². The van der Waals surface area contributed by atoms with E-state index in [0.29, 0.717) is 30.9 Å². The number of methoxy groups -OCH3 is 1. The number of carbonyl (C=O) groups is 1. The Balaban J connectivity index is 2.42. The largest absolute Gasteiger partial charge is 0.497 e. The number of hydrogen-bond acceptors (Lipinski definition) is 4. The predicted molar refractivity (Wildman–Crippen MR) is 89.9 cm³/mol. The molecule has 0 aromatic heterocycles. The van der Waals surface area contributed by atoms with E-state index in [1.54, 1.807) is 19.1 Å². The number of nitrogens with zero attached hydrogens (tertiary/aromatic N) is 2. The Labute approximate surface area is 131 Å². The maximum atomic E-state index is 12.0. The number of benzene rings is 1. The Bertz CT molecular complexity index is 476. The highest BCUT2D eigenvalue weighted by atomic mass is 32.1. The fraction of sp³-hybridized carbons (Fsp3) is 0.467. The lowest BCUT2D eigenvalue weighted by Crippen LogP contribution is -2.32. The van der Waals surface area contributed by atoms with Crippen molar-refractivity contribution in [1.82, 2.24) is 4.90 Å².